The van der Waals surface area contributed by atoms with Crippen LogP contribution in [0.1, 0.15) is 70.1 Å². The molecule has 0 saturated heterocycles. The van der Waals surface area contributed by atoms with Crippen LogP contribution >= 0.6 is 8.60 Å². The molecule has 5 rings (SSSR count). The van der Waals surface area contributed by atoms with Gasteiger partial charge in [0.25, 0.3) is 0 Å². The first-order chi connectivity index (χ1) is 17.6. The molecule has 3 aromatic carbocycles. The lowest BCUT2D eigenvalue weighted by atomic mass is 9.74. The third kappa shape index (κ3) is 5.20. The Bertz CT molecular complexity index is 1410. The van der Waals surface area contributed by atoms with Crippen molar-refractivity contribution in [2.75, 3.05) is 0 Å². The molecule has 2 atom stereocenters. The van der Waals surface area contributed by atoms with E-state index in [1.54, 1.807) is 0 Å². The Morgan fingerprint density at radius 1 is 1.00 bits per heavy atom. The van der Waals surface area contributed by atoms with Crippen LogP contribution in [0.15, 0.2) is 90.7 Å². The minimum absolute atomic E-state index is 0.0772. The molecule has 0 N–H and O–H groups in total. The zero-order chi connectivity index (χ0) is 26.4. The lowest BCUT2D eigenvalue weighted by molar-refractivity contribution is 0.311. The van der Waals surface area contributed by atoms with Crippen molar-refractivity contribution in [3.8, 4) is 11.5 Å². The van der Waals surface area contributed by atoms with E-state index in [0.717, 1.165) is 40.9 Å². The van der Waals surface area contributed by atoms with Crippen LogP contribution in [0, 0.1) is 12.3 Å². The molecule has 192 valence electrons. The smallest absolute Gasteiger partial charge is 0.416 e. The molecule has 2 unspecified atom stereocenters. The predicted octanol–water partition coefficient (Wildman–Crippen LogP) is 10.1. The average Bonchev–Trinajstić information content (AvgIpc) is 3.09. The standard InChI is InChI=1S/C33H37O3P/c1-8-22(2)15-27-21-34-37(35-28-14-13-24-11-9-10-12-25(24)18-28)36-30-17-23(3)16-29-31(30)26(19-32(27,4)5)20-33(29,6)7/h8-18,21,26H,1,19-20H2,2-7H3/b22-15-,27-21+. The van der Waals surface area contributed by atoms with E-state index in [-0.39, 0.29) is 10.8 Å². The van der Waals surface area contributed by atoms with Gasteiger partial charge < -0.3 is 13.6 Å². The third-order valence-corrected chi connectivity index (χ3v) is 8.75. The van der Waals surface area contributed by atoms with Gasteiger partial charge in [0, 0.05) is 5.56 Å². The van der Waals surface area contributed by atoms with Crippen LogP contribution in [0.25, 0.3) is 10.8 Å². The van der Waals surface area contributed by atoms with Crippen LogP contribution in [0.3, 0.4) is 0 Å². The quantitative estimate of drug-likeness (QED) is 0.257. The van der Waals surface area contributed by atoms with Crippen LogP contribution in [-0.2, 0) is 9.94 Å². The van der Waals surface area contributed by atoms with E-state index in [1.807, 2.05) is 36.6 Å². The fourth-order valence-corrected chi connectivity index (χ4v) is 6.72. The molecule has 1 aliphatic carbocycles. The Hall–Kier alpha value is -3.03. The van der Waals surface area contributed by atoms with Crippen molar-refractivity contribution < 1.29 is 13.6 Å². The number of fused-ring (bicyclic) bond motifs is 1. The van der Waals surface area contributed by atoms with Gasteiger partial charge >= 0.3 is 8.60 Å². The van der Waals surface area contributed by atoms with Gasteiger partial charge in [0.15, 0.2) is 0 Å². The van der Waals surface area contributed by atoms with Crippen LogP contribution < -0.4 is 9.05 Å². The molecule has 0 spiro atoms. The molecule has 3 aromatic rings. The number of hydrogen-bond donors (Lipinski definition) is 0. The van der Waals surface area contributed by atoms with Gasteiger partial charge in [-0.2, -0.15) is 0 Å². The summed E-state index contributed by atoms with van der Waals surface area (Å²) in [6, 6.07) is 18.9. The molecule has 1 aliphatic heterocycles. The highest BCUT2D eigenvalue weighted by atomic mass is 31.2. The van der Waals surface area contributed by atoms with Crippen molar-refractivity contribution >= 4 is 19.4 Å². The minimum Gasteiger partial charge on any atom is -0.416 e. The Balaban J connectivity index is 1.61. The second-order valence-electron chi connectivity index (χ2n) is 11.8. The minimum atomic E-state index is -1.74. The highest BCUT2D eigenvalue weighted by Gasteiger charge is 2.43. The van der Waals surface area contributed by atoms with E-state index >= 15 is 0 Å². The predicted molar refractivity (Wildman–Crippen MR) is 155 cm³/mol. The zero-order valence-corrected chi connectivity index (χ0v) is 23.7. The molecule has 3 nitrogen and oxygen atoms in total. The van der Waals surface area contributed by atoms with Gasteiger partial charge in [0.05, 0.1) is 6.26 Å². The highest BCUT2D eigenvalue weighted by Crippen LogP contribution is 2.57. The molecule has 0 bridgehead atoms. The first kappa shape index (κ1) is 25.6. The maximum atomic E-state index is 6.64. The van der Waals surface area contributed by atoms with Crippen LogP contribution in [0.2, 0.25) is 0 Å². The van der Waals surface area contributed by atoms with Gasteiger partial charge in [0.1, 0.15) is 11.5 Å². The Labute approximate surface area is 222 Å². The summed E-state index contributed by atoms with van der Waals surface area (Å²) in [7, 11) is -1.74. The summed E-state index contributed by atoms with van der Waals surface area (Å²) in [6.45, 7) is 17.5. The topological polar surface area (TPSA) is 27.7 Å². The Morgan fingerprint density at radius 2 is 1.73 bits per heavy atom. The number of hydrogen-bond acceptors (Lipinski definition) is 3. The van der Waals surface area contributed by atoms with Gasteiger partial charge in [-0.15, -0.1) is 0 Å². The van der Waals surface area contributed by atoms with Crippen molar-refractivity contribution in [2.45, 2.75) is 65.7 Å². The van der Waals surface area contributed by atoms with Crippen molar-refractivity contribution in [2.24, 2.45) is 5.41 Å². The molecular formula is C33H37O3P. The summed E-state index contributed by atoms with van der Waals surface area (Å²) in [5, 5.41) is 2.29. The molecule has 0 radical (unpaired) electrons. The summed E-state index contributed by atoms with van der Waals surface area (Å²) in [5.41, 5.74) is 6.07. The highest BCUT2D eigenvalue weighted by molar-refractivity contribution is 7.42. The lowest BCUT2D eigenvalue weighted by Crippen LogP contribution is -2.20. The van der Waals surface area contributed by atoms with Crippen LogP contribution in [0.4, 0.5) is 0 Å². The fraction of sp³-hybridized carbons (Fsp3) is 0.333. The van der Waals surface area contributed by atoms with Gasteiger partial charge in [-0.1, -0.05) is 88.4 Å². The summed E-state index contributed by atoms with van der Waals surface area (Å²) >= 11 is 0. The number of aryl methyl sites for hydroxylation is 1. The molecule has 2 aliphatic rings. The summed E-state index contributed by atoms with van der Waals surface area (Å²) < 4.78 is 19.4. The molecular weight excluding hydrogens is 475 g/mol. The van der Waals surface area contributed by atoms with E-state index in [0.29, 0.717) is 5.92 Å². The monoisotopic (exact) mass is 512 g/mol. The third-order valence-electron chi connectivity index (χ3n) is 7.76. The van der Waals surface area contributed by atoms with Crippen molar-refractivity contribution in [1.82, 2.24) is 0 Å². The van der Waals surface area contributed by atoms with Crippen molar-refractivity contribution in [1.29, 1.82) is 0 Å². The zero-order valence-electron chi connectivity index (χ0n) is 22.8. The maximum Gasteiger partial charge on any atom is 0.529 e. The van der Waals surface area contributed by atoms with Gasteiger partial charge in [-0.3, -0.25) is 0 Å². The number of rotatable bonds is 4. The van der Waals surface area contributed by atoms with E-state index in [2.05, 4.69) is 84.5 Å². The van der Waals surface area contributed by atoms with E-state index in [4.69, 9.17) is 13.6 Å². The molecule has 1 heterocycles. The molecule has 0 fully saturated rings. The van der Waals surface area contributed by atoms with Gasteiger partial charge in [0.2, 0.25) is 0 Å². The molecule has 37 heavy (non-hydrogen) atoms. The van der Waals surface area contributed by atoms with E-state index in [1.165, 1.54) is 22.1 Å². The van der Waals surface area contributed by atoms with E-state index in [9.17, 15) is 0 Å². The molecule has 4 heteroatoms. The largest absolute Gasteiger partial charge is 0.529 e. The number of allylic oxidation sites excluding steroid dienone is 4. The Morgan fingerprint density at radius 3 is 2.49 bits per heavy atom. The van der Waals surface area contributed by atoms with Crippen molar-refractivity contribution in [3.63, 3.8) is 0 Å². The molecule has 0 amide bonds. The maximum absolute atomic E-state index is 6.64. The van der Waals surface area contributed by atoms with Gasteiger partial charge in [-0.25, -0.2) is 0 Å². The second-order valence-corrected chi connectivity index (χ2v) is 12.8. The fourth-order valence-electron chi connectivity index (χ4n) is 5.80. The summed E-state index contributed by atoms with van der Waals surface area (Å²) in [4.78, 5) is 0. The first-order valence-corrected chi connectivity index (χ1v) is 14.1. The Kier molecular flexibility index (Phi) is 6.71. The second kappa shape index (κ2) is 9.69. The van der Waals surface area contributed by atoms with Crippen LogP contribution in [-0.4, -0.2) is 0 Å². The first-order valence-electron chi connectivity index (χ1n) is 13.0. The average molecular weight is 513 g/mol. The summed E-state index contributed by atoms with van der Waals surface area (Å²) in [5.74, 6) is 2.00. The molecule has 0 aromatic heterocycles. The molecule has 0 saturated carbocycles. The lowest BCUT2D eigenvalue weighted by Gasteiger charge is -2.32. The van der Waals surface area contributed by atoms with Gasteiger partial charge in [-0.05, 0) is 89.1 Å². The summed E-state index contributed by atoms with van der Waals surface area (Å²) in [6.07, 6.45) is 8.00. The number of benzene rings is 3. The SMILES string of the molecule is C=C/C(C)=C\C1=C/OP(Oc2ccc3ccccc3c2)Oc2cc(C)cc3c2C(CC1(C)C)CC3(C)C. The van der Waals surface area contributed by atoms with Crippen molar-refractivity contribution in [3.05, 3.63) is 107 Å². The normalized spacial score (nSPS) is 23.7. The van der Waals surface area contributed by atoms with Crippen LogP contribution in [0.5, 0.6) is 11.5 Å². The van der Waals surface area contributed by atoms with E-state index < -0.39 is 8.60 Å².